The largest absolute Gasteiger partial charge is 0.381 e. The Hall–Kier alpha value is -1.70. The van der Waals surface area contributed by atoms with E-state index >= 15 is 0 Å². The van der Waals surface area contributed by atoms with Gasteiger partial charge in [0, 0.05) is 31.0 Å². The molecular weight excluding hydrogens is 316 g/mol. The Labute approximate surface area is 130 Å². The van der Waals surface area contributed by atoms with E-state index in [1.807, 2.05) is 0 Å². The van der Waals surface area contributed by atoms with Crippen LogP contribution in [0, 0.1) is 0 Å². The molecule has 1 aliphatic carbocycles. The molecule has 0 radical (unpaired) electrons. The van der Waals surface area contributed by atoms with Gasteiger partial charge in [-0.05, 0) is 19.8 Å². The van der Waals surface area contributed by atoms with Crippen molar-refractivity contribution in [2.45, 2.75) is 43.7 Å². The van der Waals surface area contributed by atoms with Crippen molar-refractivity contribution in [3.63, 3.8) is 0 Å². The normalized spacial score (nSPS) is 34.8. The van der Waals surface area contributed by atoms with Gasteiger partial charge in [-0.15, -0.1) is 0 Å². The second-order valence-electron chi connectivity index (χ2n) is 6.01. The number of carbonyl (C=O) groups excluding carboxylic acids is 1. The molecule has 0 aromatic carbocycles. The molecule has 3 aliphatic rings. The highest BCUT2D eigenvalue weighted by Crippen LogP contribution is 2.47. The van der Waals surface area contributed by atoms with Crippen LogP contribution in [0.25, 0.3) is 0 Å². The molecule has 2 heterocycles. The van der Waals surface area contributed by atoms with E-state index < -0.39 is 41.0 Å². The van der Waals surface area contributed by atoms with E-state index in [1.165, 1.54) is 0 Å². The molecule has 3 unspecified atom stereocenters. The zero-order chi connectivity index (χ0) is 16.8. The van der Waals surface area contributed by atoms with Crippen LogP contribution in [0.2, 0.25) is 0 Å². The van der Waals surface area contributed by atoms with Crippen LogP contribution in [0.15, 0.2) is 27.8 Å². The summed E-state index contributed by atoms with van der Waals surface area (Å²) in [5.74, 6) is -4.29. The molecule has 23 heavy (non-hydrogen) atoms. The summed E-state index contributed by atoms with van der Waals surface area (Å²) < 4.78 is 60.5. The lowest BCUT2D eigenvalue weighted by Crippen LogP contribution is -2.45. The molecule has 3 rings (SSSR count). The van der Waals surface area contributed by atoms with Gasteiger partial charge in [0.1, 0.15) is 5.54 Å². The molecule has 126 valence electrons. The number of nitrogens with zero attached hydrogens (tertiary/aromatic N) is 1. The van der Waals surface area contributed by atoms with Gasteiger partial charge in [0.15, 0.2) is 24.0 Å². The third kappa shape index (κ3) is 2.49. The van der Waals surface area contributed by atoms with Gasteiger partial charge in [-0.1, -0.05) is 0 Å². The Morgan fingerprint density at radius 2 is 1.96 bits per heavy atom. The molecule has 0 spiro atoms. The highest BCUT2D eigenvalue weighted by Gasteiger charge is 2.55. The van der Waals surface area contributed by atoms with Crippen LogP contribution in [0.4, 0.5) is 17.6 Å². The minimum Gasteiger partial charge on any atom is -0.381 e. The number of aliphatic imine (C=N–C) groups is 1. The predicted molar refractivity (Wildman–Crippen MR) is 74.9 cm³/mol. The van der Waals surface area contributed by atoms with E-state index in [0.717, 1.165) is 13.1 Å². The Bertz CT molecular complexity index is 625. The first kappa shape index (κ1) is 16.2. The minimum atomic E-state index is -2.51. The zero-order valence-corrected chi connectivity index (χ0v) is 12.4. The summed E-state index contributed by atoms with van der Waals surface area (Å²) in [4.78, 5) is 16.1. The summed E-state index contributed by atoms with van der Waals surface area (Å²) in [6.07, 6.45) is -2.78. The maximum atomic E-state index is 14.2. The molecule has 2 aliphatic heterocycles. The SMILES string of the molecule is CC12N=CC(C(=O)NC3CCOCC3)=C1C(F)C(F)=C(F)C2F. The highest BCUT2D eigenvalue weighted by atomic mass is 19.2. The fourth-order valence-electron chi connectivity index (χ4n) is 3.11. The summed E-state index contributed by atoms with van der Waals surface area (Å²) in [6.45, 7) is 2.13. The van der Waals surface area contributed by atoms with Crippen molar-refractivity contribution >= 4 is 12.1 Å². The molecule has 0 aromatic heterocycles. The molecule has 1 N–H and O–H groups in total. The number of amides is 1. The molecule has 1 amide bonds. The number of carbonyl (C=O) groups is 1. The third-order valence-electron chi connectivity index (χ3n) is 4.52. The molecule has 0 aromatic rings. The maximum Gasteiger partial charge on any atom is 0.253 e. The number of hydrogen-bond acceptors (Lipinski definition) is 3. The molecule has 0 saturated carbocycles. The second kappa shape index (κ2) is 5.74. The summed E-state index contributed by atoms with van der Waals surface area (Å²) in [6, 6.07) is -0.162. The van der Waals surface area contributed by atoms with Crippen LogP contribution in [0.1, 0.15) is 19.8 Å². The molecule has 4 nitrogen and oxygen atoms in total. The summed E-state index contributed by atoms with van der Waals surface area (Å²) in [7, 11) is 0. The van der Waals surface area contributed by atoms with Gasteiger partial charge in [-0.3, -0.25) is 9.79 Å². The van der Waals surface area contributed by atoms with E-state index in [0.29, 0.717) is 26.1 Å². The maximum absolute atomic E-state index is 14.2. The average Bonchev–Trinajstić information content (AvgIpc) is 2.91. The fraction of sp³-hybridized carbons (Fsp3) is 0.600. The van der Waals surface area contributed by atoms with E-state index in [9.17, 15) is 22.4 Å². The summed E-state index contributed by atoms with van der Waals surface area (Å²) in [5.41, 5.74) is -2.63. The Kier molecular flexibility index (Phi) is 4.03. The Morgan fingerprint density at radius 1 is 1.30 bits per heavy atom. The van der Waals surface area contributed by atoms with Crippen molar-refractivity contribution in [1.82, 2.24) is 5.32 Å². The van der Waals surface area contributed by atoms with Crippen molar-refractivity contribution < 1.29 is 27.1 Å². The van der Waals surface area contributed by atoms with Crippen molar-refractivity contribution in [2.75, 3.05) is 13.2 Å². The van der Waals surface area contributed by atoms with Crippen molar-refractivity contribution in [3.8, 4) is 0 Å². The van der Waals surface area contributed by atoms with Gasteiger partial charge in [-0.2, -0.15) is 0 Å². The summed E-state index contributed by atoms with van der Waals surface area (Å²) >= 11 is 0. The molecule has 8 heteroatoms. The van der Waals surface area contributed by atoms with Gasteiger partial charge in [0.25, 0.3) is 5.91 Å². The van der Waals surface area contributed by atoms with Gasteiger partial charge >= 0.3 is 0 Å². The van der Waals surface area contributed by atoms with Crippen LogP contribution >= 0.6 is 0 Å². The Morgan fingerprint density at radius 3 is 2.61 bits per heavy atom. The first-order valence-corrected chi connectivity index (χ1v) is 7.38. The van der Waals surface area contributed by atoms with E-state index in [1.54, 1.807) is 0 Å². The number of allylic oxidation sites excluding steroid dienone is 1. The van der Waals surface area contributed by atoms with Gasteiger partial charge in [-0.25, -0.2) is 17.6 Å². The minimum absolute atomic E-state index is 0.162. The molecule has 3 atom stereocenters. The topological polar surface area (TPSA) is 50.7 Å². The number of nitrogens with one attached hydrogen (secondary N) is 1. The lowest BCUT2D eigenvalue weighted by atomic mass is 9.78. The first-order chi connectivity index (χ1) is 10.9. The fourth-order valence-corrected chi connectivity index (χ4v) is 3.11. The molecule has 0 bridgehead atoms. The van der Waals surface area contributed by atoms with E-state index in [2.05, 4.69) is 10.3 Å². The standard InChI is InChI=1S/C15H16F4N2O2/c1-15-9(10(16)11(17)12(18)13(15)19)8(6-20-15)14(22)21-7-2-4-23-5-3-7/h6-7,10,13H,2-5H2,1H3,(H,21,22). The van der Waals surface area contributed by atoms with Crippen LogP contribution in [0.3, 0.4) is 0 Å². The number of alkyl halides is 2. The monoisotopic (exact) mass is 332 g/mol. The Balaban J connectivity index is 1.91. The van der Waals surface area contributed by atoms with Gasteiger partial charge in [0.2, 0.25) is 0 Å². The van der Waals surface area contributed by atoms with E-state index in [4.69, 9.17) is 4.74 Å². The lowest BCUT2D eigenvalue weighted by Gasteiger charge is -2.34. The zero-order valence-electron chi connectivity index (χ0n) is 12.4. The number of ether oxygens (including phenoxy) is 1. The van der Waals surface area contributed by atoms with Gasteiger partial charge in [0.05, 0.1) is 5.57 Å². The van der Waals surface area contributed by atoms with Crippen LogP contribution in [0.5, 0.6) is 0 Å². The first-order valence-electron chi connectivity index (χ1n) is 7.38. The average molecular weight is 332 g/mol. The van der Waals surface area contributed by atoms with Crippen LogP contribution < -0.4 is 5.32 Å². The van der Waals surface area contributed by atoms with Crippen LogP contribution in [-0.4, -0.2) is 49.3 Å². The lowest BCUT2D eigenvalue weighted by molar-refractivity contribution is -0.118. The van der Waals surface area contributed by atoms with Crippen molar-refractivity contribution in [3.05, 3.63) is 22.8 Å². The number of hydrogen-bond donors (Lipinski definition) is 1. The number of fused-ring (bicyclic) bond motifs is 1. The van der Waals surface area contributed by atoms with Gasteiger partial charge < -0.3 is 10.1 Å². The molecule has 1 saturated heterocycles. The predicted octanol–water partition coefficient (Wildman–Crippen LogP) is 2.26. The quantitative estimate of drug-likeness (QED) is 0.789. The number of halogens is 4. The van der Waals surface area contributed by atoms with Crippen molar-refractivity contribution in [1.29, 1.82) is 0 Å². The van der Waals surface area contributed by atoms with Crippen LogP contribution in [-0.2, 0) is 9.53 Å². The third-order valence-corrected chi connectivity index (χ3v) is 4.52. The molecule has 1 fully saturated rings. The number of rotatable bonds is 2. The van der Waals surface area contributed by atoms with Crippen molar-refractivity contribution in [2.24, 2.45) is 4.99 Å². The van der Waals surface area contributed by atoms with E-state index in [-0.39, 0.29) is 11.6 Å². The smallest absolute Gasteiger partial charge is 0.253 e. The second-order valence-corrected chi connectivity index (χ2v) is 6.01. The molecular formula is C15H16F4N2O2. The summed E-state index contributed by atoms with van der Waals surface area (Å²) in [5, 5.41) is 2.68. The highest BCUT2D eigenvalue weighted by molar-refractivity contribution is 6.15.